The first-order chi connectivity index (χ1) is 15.0. The molecule has 5 atom stereocenters. The second-order valence-electron chi connectivity index (χ2n) is 10.2. The Hall–Kier alpha value is -1.94. The maximum atomic E-state index is 13.2. The maximum Gasteiger partial charge on any atom is 0.259 e. The molecule has 3 saturated carbocycles. The van der Waals surface area contributed by atoms with Gasteiger partial charge in [0.05, 0.1) is 22.7 Å². The van der Waals surface area contributed by atoms with Crippen LogP contribution in [0.4, 0.5) is 0 Å². The van der Waals surface area contributed by atoms with Crippen molar-refractivity contribution in [3.63, 3.8) is 0 Å². The van der Waals surface area contributed by atoms with Gasteiger partial charge >= 0.3 is 0 Å². The van der Waals surface area contributed by atoms with Gasteiger partial charge in [-0.15, -0.1) is 0 Å². The Morgan fingerprint density at radius 2 is 1.91 bits per heavy atom. The molecular formula is C22H33N3O6S. The molecule has 3 fully saturated rings. The molecule has 0 aromatic rings. The third-order valence-electron chi connectivity index (χ3n) is 7.65. The largest absolute Gasteiger partial charge is 0.393 e. The van der Waals surface area contributed by atoms with Crippen LogP contribution in [0, 0.1) is 17.8 Å². The van der Waals surface area contributed by atoms with Crippen molar-refractivity contribution < 1.29 is 27.9 Å². The second-order valence-corrected chi connectivity index (χ2v) is 12.4. The number of sulfonamides is 1. The number of aliphatic hydroxyl groups excluding tert-OH is 1. The molecule has 178 valence electrons. The average Bonchev–Trinajstić information content (AvgIpc) is 3.60. The standard InChI is InChI=1S/C22H33N3O6S/c1-21(8-9-21)32(30,31)24-20(29)22-13-14(22)7-5-3-4-6-10-25(2)19(28)17-12-15(26)11-16(17)18(27)23-22/h5,7,14-17,26H,3-4,6,8-13H2,1-2H3,(H,23,27)(H,24,29)/t14-,15-,16?,17-,22-/m1/s1. The van der Waals surface area contributed by atoms with E-state index in [-0.39, 0.29) is 24.7 Å². The first kappa shape index (κ1) is 23.2. The number of rotatable bonds is 3. The lowest BCUT2D eigenvalue weighted by atomic mass is 9.93. The highest BCUT2D eigenvalue weighted by Gasteiger charge is 2.63. The third-order valence-corrected chi connectivity index (χ3v) is 9.81. The summed E-state index contributed by atoms with van der Waals surface area (Å²) in [6.07, 6.45) is 7.17. The number of aliphatic hydroxyl groups is 1. The number of hydrogen-bond donors (Lipinski definition) is 3. The molecule has 3 amide bonds. The van der Waals surface area contributed by atoms with Crippen LogP contribution in [-0.2, 0) is 24.4 Å². The van der Waals surface area contributed by atoms with Crippen LogP contribution in [0.1, 0.15) is 58.3 Å². The Balaban J connectivity index is 1.59. The van der Waals surface area contributed by atoms with E-state index in [4.69, 9.17) is 0 Å². The van der Waals surface area contributed by atoms with Gasteiger partial charge in [0.25, 0.3) is 5.91 Å². The molecule has 4 rings (SSSR count). The molecule has 9 nitrogen and oxygen atoms in total. The third kappa shape index (κ3) is 4.19. The highest BCUT2D eigenvalue weighted by atomic mass is 32.2. The number of amides is 3. The summed E-state index contributed by atoms with van der Waals surface area (Å²) in [5.41, 5.74) is -1.34. The van der Waals surface area contributed by atoms with Gasteiger partial charge in [-0.3, -0.25) is 19.1 Å². The lowest BCUT2D eigenvalue weighted by Crippen LogP contribution is -2.55. The SMILES string of the molecule is CN1CCCCC=C[C@@H]2C[C@@]2(C(=O)NS(=O)(=O)C2(C)CC2)NC(=O)C2C[C@@H](O)C[C@H]2C1=O. The van der Waals surface area contributed by atoms with Crippen LogP contribution in [0.3, 0.4) is 0 Å². The van der Waals surface area contributed by atoms with Crippen LogP contribution in [0.15, 0.2) is 12.2 Å². The monoisotopic (exact) mass is 467 g/mol. The Labute approximate surface area is 189 Å². The lowest BCUT2D eigenvalue weighted by Gasteiger charge is -2.27. The van der Waals surface area contributed by atoms with Gasteiger partial charge in [0.15, 0.2) is 0 Å². The number of allylic oxidation sites excluding steroid dienone is 1. The molecule has 1 heterocycles. The fourth-order valence-corrected chi connectivity index (χ4v) is 6.23. The molecule has 1 unspecified atom stereocenters. The highest BCUT2D eigenvalue weighted by Crippen LogP contribution is 2.48. The summed E-state index contributed by atoms with van der Waals surface area (Å²) in [5, 5.41) is 13.0. The molecule has 0 spiro atoms. The van der Waals surface area contributed by atoms with E-state index in [1.165, 1.54) is 0 Å². The number of carbonyl (C=O) groups excluding carboxylic acids is 3. The predicted molar refractivity (Wildman–Crippen MR) is 117 cm³/mol. The van der Waals surface area contributed by atoms with Crippen LogP contribution in [0.2, 0.25) is 0 Å². The first-order valence-corrected chi connectivity index (χ1v) is 13.0. The fourth-order valence-electron chi connectivity index (χ4n) is 4.91. The average molecular weight is 468 g/mol. The summed E-state index contributed by atoms with van der Waals surface area (Å²) in [7, 11) is -2.14. The zero-order valence-corrected chi connectivity index (χ0v) is 19.5. The van der Waals surface area contributed by atoms with Crippen LogP contribution in [-0.4, -0.2) is 66.1 Å². The molecule has 3 N–H and O–H groups in total. The molecule has 10 heteroatoms. The Morgan fingerprint density at radius 3 is 2.59 bits per heavy atom. The minimum atomic E-state index is -3.84. The summed E-state index contributed by atoms with van der Waals surface area (Å²) in [6.45, 7) is 2.18. The molecule has 0 aromatic heterocycles. The van der Waals surface area contributed by atoms with Gasteiger partial charge in [0.2, 0.25) is 21.8 Å². The van der Waals surface area contributed by atoms with E-state index >= 15 is 0 Å². The number of nitrogens with one attached hydrogen (secondary N) is 2. The van der Waals surface area contributed by atoms with Crippen molar-refractivity contribution in [2.75, 3.05) is 13.6 Å². The second kappa shape index (κ2) is 8.13. The summed E-state index contributed by atoms with van der Waals surface area (Å²) < 4.78 is 26.5. The van der Waals surface area contributed by atoms with Gasteiger partial charge < -0.3 is 15.3 Å². The van der Waals surface area contributed by atoms with Gasteiger partial charge in [-0.2, -0.15) is 0 Å². The van der Waals surface area contributed by atoms with E-state index in [1.54, 1.807) is 18.9 Å². The molecule has 1 aliphatic heterocycles. The Morgan fingerprint density at radius 1 is 1.22 bits per heavy atom. The quantitative estimate of drug-likeness (QED) is 0.516. The molecule has 4 aliphatic rings. The molecule has 0 bridgehead atoms. The van der Waals surface area contributed by atoms with E-state index in [9.17, 15) is 27.9 Å². The summed E-state index contributed by atoms with van der Waals surface area (Å²) in [5.74, 6) is -3.09. The van der Waals surface area contributed by atoms with Gasteiger partial charge in [-0.05, 0) is 58.3 Å². The minimum Gasteiger partial charge on any atom is -0.393 e. The van der Waals surface area contributed by atoms with Crippen molar-refractivity contribution in [2.24, 2.45) is 17.8 Å². The molecule has 32 heavy (non-hydrogen) atoms. The van der Waals surface area contributed by atoms with E-state index in [0.717, 1.165) is 19.3 Å². The molecule has 0 aromatic carbocycles. The smallest absolute Gasteiger partial charge is 0.259 e. The zero-order chi connectivity index (χ0) is 23.3. The minimum absolute atomic E-state index is 0.144. The molecule has 3 aliphatic carbocycles. The summed E-state index contributed by atoms with van der Waals surface area (Å²) in [6, 6.07) is 0. The van der Waals surface area contributed by atoms with Crippen LogP contribution in [0.5, 0.6) is 0 Å². The van der Waals surface area contributed by atoms with E-state index < -0.39 is 50.1 Å². The van der Waals surface area contributed by atoms with Gasteiger partial charge in [-0.1, -0.05) is 12.2 Å². The predicted octanol–water partition coefficient (Wildman–Crippen LogP) is 0.445. The van der Waals surface area contributed by atoms with E-state index in [0.29, 0.717) is 25.8 Å². The first-order valence-electron chi connectivity index (χ1n) is 11.5. The lowest BCUT2D eigenvalue weighted by molar-refractivity contribution is -0.140. The van der Waals surface area contributed by atoms with Gasteiger partial charge in [0, 0.05) is 19.5 Å². The number of fused-ring (bicyclic) bond motifs is 2. The van der Waals surface area contributed by atoms with Crippen molar-refractivity contribution in [1.82, 2.24) is 14.9 Å². The fraction of sp³-hybridized carbons (Fsp3) is 0.773. The van der Waals surface area contributed by atoms with Crippen LogP contribution in [0.25, 0.3) is 0 Å². The topological polar surface area (TPSA) is 133 Å². The molecule has 0 saturated heterocycles. The van der Waals surface area contributed by atoms with Gasteiger partial charge in [-0.25, -0.2) is 8.42 Å². The number of nitrogens with zero attached hydrogens (tertiary/aromatic N) is 1. The summed E-state index contributed by atoms with van der Waals surface area (Å²) in [4.78, 5) is 41.0. The molecular weight excluding hydrogens is 434 g/mol. The number of carbonyl (C=O) groups is 3. The van der Waals surface area contributed by atoms with Crippen molar-refractivity contribution >= 4 is 27.7 Å². The van der Waals surface area contributed by atoms with Gasteiger partial charge in [0.1, 0.15) is 5.54 Å². The summed E-state index contributed by atoms with van der Waals surface area (Å²) >= 11 is 0. The normalized spacial score (nSPS) is 37.0. The zero-order valence-electron chi connectivity index (χ0n) is 18.7. The van der Waals surface area contributed by atoms with Crippen LogP contribution >= 0.6 is 0 Å². The Bertz CT molecular complexity index is 943. The van der Waals surface area contributed by atoms with E-state index in [1.807, 2.05) is 12.2 Å². The Kier molecular flexibility index (Phi) is 5.90. The molecule has 0 radical (unpaired) electrons. The van der Waals surface area contributed by atoms with Crippen molar-refractivity contribution in [2.45, 2.75) is 74.7 Å². The van der Waals surface area contributed by atoms with Crippen molar-refractivity contribution in [1.29, 1.82) is 0 Å². The van der Waals surface area contributed by atoms with E-state index in [2.05, 4.69) is 10.0 Å². The van der Waals surface area contributed by atoms with Crippen molar-refractivity contribution in [3.05, 3.63) is 12.2 Å². The highest BCUT2D eigenvalue weighted by molar-refractivity contribution is 7.91. The van der Waals surface area contributed by atoms with Crippen molar-refractivity contribution in [3.8, 4) is 0 Å². The maximum absolute atomic E-state index is 13.2. The van der Waals surface area contributed by atoms with Crippen LogP contribution < -0.4 is 10.0 Å². The number of hydrogen-bond acceptors (Lipinski definition) is 6.